The molecule has 0 aromatic carbocycles. The lowest BCUT2D eigenvalue weighted by atomic mass is 9.46. The third-order valence-corrected chi connectivity index (χ3v) is 10.6. The molecule has 3 saturated carbocycles. The topological polar surface area (TPSA) is 40.5 Å². The average molecular weight is 457 g/mol. The second kappa shape index (κ2) is 8.29. The summed E-state index contributed by atoms with van der Waals surface area (Å²) in [6.45, 7) is 9.09. The number of hydrogen-bond acceptors (Lipinski definition) is 2. The number of halogens is 3. The van der Waals surface area contributed by atoms with E-state index in [1.165, 1.54) is 31.3 Å². The second-order valence-corrected chi connectivity index (χ2v) is 12.7. The van der Waals surface area contributed by atoms with Crippen molar-refractivity contribution in [2.24, 2.45) is 40.4 Å². The Labute approximate surface area is 192 Å². The van der Waals surface area contributed by atoms with Crippen LogP contribution >= 0.6 is 0 Å². The van der Waals surface area contributed by atoms with Crippen molar-refractivity contribution >= 4 is 0 Å². The number of alkyl halides is 3. The van der Waals surface area contributed by atoms with Crippen molar-refractivity contribution in [2.45, 2.75) is 116 Å². The molecule has 0 aliphatic heterocycles. The standard InChI is InChI=1S/C27H43F3O2/c1-17(5-7-19(31)16-27(28,29)30)21-9-10-22-20-8-6-18-15-24(2,32)13-14-25(18,3)23(20)11-12-26(21,22)4/h6,17,19-23,31-32H,5,7-16H2,1-4H3/t17-,19+,20+,21-,22+,23+,24+,25+,26-/m1/s1. The molecule has 0 unspecified atom stereocenters. The summed E-state index contributed by atoms with van der Waals surface area (Å²) in [6.07, 6.45) is 5.46. The molecule has 5 heteroatoms. The molecule has 0 radical (unpaired) electrons. The molecule has 4 aliphatic carbocycles. The maximum absolute atomic E-state index is 12.6. The Hall–Kier alpha value is -0.550. The SMILES string of the molecule is C[C@H](CC[C@H](O)CC(F)(F)F)[C@H]1CC[C@H]2[C@@H]3CC=C4C[C@@](C)(O)CC[C@]4(C)[C@H]3CC[C@]12C. The molecule has 0 heterocycles. The minimum Gasteiger partial charge on any atom is -0.393 e. The minimum atomic E-state index is -4.29. The molecule has 4 aliphatic rings. The van der Waals surface area contributed by atoms with Gasteiger partial charge in [-0.25, -0.2) is 0 Å². The second-order valence-electron chi connectivity index (χ2n) is 12.7. The van der Waals surface area contributed by atoms with E-state index in [2.05, 4.69) is 26.8 Å². The van der Waals surface area contributed by atoms with E-state index in [9.17, 15) is 23.4 Å². The minimum absolute atomic E-state index is 0.220. The Morgan fingerprint density at radius 3 is 2.44 bits per heavy atom. The number of rotatable bonds is 5. The zero-order valence-electron chi connectivity index (χ0n) is 20.3. The van der Waals surface area contributed by atoms with Gasteiger partial charge in [-0.2, -0.15) is 13.2 Å². The van der Waals surface area contributed by atoms with Gasteiger partial charge in [0.15, 0.2) is 0 Å². The first-order valence-electron chi connectivity index (χ1n) is 12.9. The smallest absolute Gasteiger partial charge is 0.391 e. The quantitative estimate of drug-likeness (QED) is 0.435. The summed E-state index contributed by atoms with van der Waals surface area (Å²) in [7, 11) is 0. The summed E-state index contributed by atoms with van der Waals surface area (Å²) < 4.78 is 37.8. The molecular formula is C27H43F3O2. The van der Waals surface area contributed by atoms with Crippen LogP contribution in [0.2, 0.25) is 0 Å². The van der Waals surface area contributed by atoms with Crippen LogP contribution in [0.3, 0.4) is 0 Å². The molecule has 2 N–H and O–H groups in total. The molecule has 0 spiro atoms. The molecule has 32 heavy (non-hydrogen) atoms. The van der Waals surface area contributed by atoms with Gasteiger partial charge < -0.3 is 10.2 Å². The number of hydrogen-bond donors (Lipinski definition) is 2. The zero-order valence-corrected chi connectivity index (χ0v) is 20.3. The lowest BCUT2D eigenvalue weighted by Gasteiger charge is -2.59. The normalized spacial score (nSPS) is 46.0. The molecule has 0 saturated heterocycles. The van der Waals surface area contributed by atoms with Gasteiger partial charge in [0.05, 0.1) is 18.1 Å². The molecular weight excluding hydrogens is 413 g/mol. The van der Waals surface area contributed by atoms with Gasteiger partial charge in [0.2, 0.25) is 0 Å². The first kappa shape index (κ1) is 24.6. The highest BCUT2D eigenvalue weighted by molar-refractivity contribution is 5.26. The lowest BCUT2D eigenvalue weighted by molar-refractivity contribution is -0.154. The predicted molar refractivity (Wildman–Crippen MR) is 121 cm³/mol. The van der Waals surface area contributed by atoms with Crippen molar-refractivity contribution in [3.63, 3.8) is 0 Å². The highest BCUT2D eigenvalue weighted by Crippen LogP contribution is 2.67. The van der Waals surface area contributed by atoms with Crippen LogP contribution in [0.15, 0.2) is 11.6 Å². The molecule has 2 nitrogen and oxygen atoms in total. The Bertz CT molecular complexity index is 729. The van der Waals surface area contributed by atoms with E-state index in [0.29, 0.717) is 36.0 Å². The zero-order chi connectivity index (χ0) is 23.5. The van der Waals surface area contributed by atoms with Crippen LogP contribution in [0.25, 0.3) is 0 Å². The fourth-order valence-corrected chi connectivity index (χ4v) is 8.81. The van der Waals surface area contributed by atoms with Gasteiger partial charge in [-0.3, -0.25) is 0 Å². The monoisotopic (exact) mass is 456 g/mol. The first-order chi connectivity index (χ1) is 14.8. The third kappa shape index (κ3) is 4.42. The molecule has 0 aromatic rings. The van der Waals surface area contributed by atoms with Crippen LogP contribution in [0.5, 0.6) is 0 Å². The van der Waals surface area contributed by atoms with Gasteiger partial charge in [0.1, 0.15) is 0 Å². The average Bonchev–Trinajstić information content (AvgIpc) is 3.02. The van der Waals surface area contributed by atoms with Crippen LogP contribution in [-0.2, 0) is 0 Å². The van der Waals surface area contributed by atoms with Gasteiger partial charge >= 0.3 is 6.18 Å². The van der Waals surface area contributed by atoms with Gasteiger partial charge in [-0.15, -0.1) is 0 Å². The Morgan fingerprint density at radius 1 is 1.03 bits per heavy atom. The predicted octanol–water partition coefficient (Wildman–Crippen LogP) is 7.05. The summed E-state index contributed by atoms with van der Waals surface area (Å²) in [5, 5.41) is 20.5. The Balaban J connectivity index is 1.44. The van der Waals surface area contributed by atoms with E-state index in [4.69, 9.17) is 0 Å². The highest BCUT2D eigenvalue weighted by atomic mass is 19.4. The van der Waals surface area contributed by atoms with E-state index in [1.54, 1.807) is 0 Å². The van der Waals surface area contributed by atoms with E-state index in [1.807, 2.05) is 6.92 Å². The van der Waals surface area contributed by atoms with Crippen molar-refractivity contribution in [2.75, 3.05) is 0 Å². The van der Waals surface area contributed by atoms with Crippen LogP contribution < -0.4 is 0 Å². The van der Waals surface area contributed by atoms with Gasteiger partial charge in [0, 0.05) is 0 Å². The maximum atomic E-state index is 12.6. The molecule has 0 bridgehead atoms. The Kier molecular flexibility index (Phi) is 6.36. The fraction of sp³-hybridized carbons (Fsp3) is 0.926. The lowest BCUT2D eigenvalue weighted by Crippen LogP contribution is -2.52. The maximum Gasteiger partial charge on any atom is 0.391 e. The molecule has 0 amide bonds. The van der Waals surface area contributed by atoms with Gasteiger partial charge in [0.25, 0.3) is 0 Å². The van der Waals surface area contributed by atoms with Crippen LogP contribution in [0.4, 0.5) is 13.2 Å². The van der Waals surface area contributed by atoms with Crippen molar-refractivity contribution in [3.8, 4) is 0 Å². The van der Waals surface area contributed by atoms with E-state index in [-0.39, 0.29) is 17.3 Å². The van der Waals surface area contributed by atoms with Crippen LogP contribution in [-0.4, -0.2) is 28.1 Å². The molecule has 9 atom stereocenters. The number of fused-ring (bicyclic) bond motifs is 5. The van der Waals surface area contributed by atoms with Crippen LogP contribution in [0, 0.1) is 40.4 Å². The molecule has 0 aromatic heterocycles. The van der Waals surface area contributed by atoms with E-state index >= 15 is 0 Å². The third-order valence-electron chi connectivity index (χ3n) is 10.6. The highest BCUT2D eigenvalue weighted by Gasteiger charge is 2.59. The van der Waals surface area contributed by atoms with Crippen molar-refractivity contribution < 1.29 is 23.4 Å². The summed E-state index contributed by atoms with van der Waals surface area (Å²) in [4.78, 5) is 0. The summed E-state index contributed by atoms with van der Waals surface area (Å²) in [5.74, 6) is 2.96. The fourth-order valence-electron chi connectivity index (χ4n) is 8.81. The molecule has 184 valence electrons. The first-order valence-corrected chi connectivity index (χ1v) is 12.9. The van der Waals surface area contributed by atoms with Crippen molar-refractivity contribution in [3.05, 3.63) is 11.6 Å². The number of allylic oxidation sites excluding steroid dienone is 1. The molecule has 3 fully saturated rings. The summed E-state index contributed by atoms with van der Waals surface area (Å²) >= 11 is 0. The van der Waals surface area contributed by atoms with Gasteiger partial charge in [-0.05, 0) is 112 Å². The van der Waals surface area contributed by atoms with E-state index < -0.39 is 24.3 Å². The number of aliphatic hydroxyl groups is 2. The summed E-state index contributed by atoms with van der Waals surface area (Å²) in [5.41, 5.74) is 1.40. The van der Waals surface area contributed by atoms with E-state index in [0.717, 1.165) is 25.7 Å². The van der Waals surface area contributed by atoms with Crippen LogP contribution in [0.1, 0.15) is 98.3 Å². The summed E-state index contributed by atoms with van der Waals surface area (Å²) in [6, 6.07) is 0. The largest absolute Gasteiger partial charge is 0.393 e. The Morgan fingerprint density at radius 2 is 1.75 bits per heavy atom. The number of aliphatic hydroxyl groups excluding tert-OH is 1. The van der Waals surface area contributed by atoms with Gasteiger partial charge in [-0.1, -0.05) is 32.4 Å². The molecule has 4 rings (SSSR count). The van der Waals surface area contributed by atoms with Crippen molar-refractivity contribution in [1.82, 2.24) is 0 Å². The van der Waals surface area contributed by atoms with Crippen molar-refractivity contribution in [1.29, 1.82) is 0 Å².